The molecule has 0 bridgehead atoms. The van der Waals surface area contributed by atoms with Gasteiger partial charge in [-0.1, -0.05) is 25.2 Å². The Morgan fingerprint density at radius 1 is 1.47 bits per heavy atom. The van der Waals surface area contributed by atoms with Crippen LogP contribution in [0.2, 0.25) is 0 Å². The van der Waals surface area contributed by atoms with Crippen molar-refractivity contribution in [3.8, 4) is 0 Å². The molecule has 1 heterocycles. The summed E-state index contributed by atoms with van der Waals surface area (Å²) < 4.78 is 0. The van der Waals surface area contributed by atoms with Crippen LogP contribution in [-0.4, -0.2) is 22.6 Å². The monoisotopic (exact) mass is 282 g/mol. The van der Waals surface area contributed by atoms with Crippen molar-refractivity contribution in [3.63, 3.8) is 0 Å². The average molecular weight is 282 g/mol. The van der Waals surface area contributed by atoms with E-state index < -0.39 is 5.41 Å². The molecule has 0 radical (unpaired) electrons. The maximum Gasteiger partial charge on any atom is 0.233 e. The first-order chi connectivity index (χ1) is 9.09. The lowest BCUT2D eigenvalue weighted by Gasteiger charge is -2.36. The average Bonchev–Trinajstić information content (AvgIpc) is 2.87. The van der Waals surface area contributed by atoms with Gasteiger partial charge in [0.15, 0.2) is 0 Å². The Hall–Kier alpha value is -1.01. The lowest BCUT2D eigenvalue weighted by atomic mass is 9.70. The number of aromatic nitrogens is 2. The molecule has 0 spiro atoms. The molecule has 1 aliphatic rings. The van der Waals surface area contributed by atoms with Crippen LogP contribution in [0.1, 0.15) is 44.5 Å². The zero-order chi connectivity index (χ0) is 13.9. The van der Waals surface area contributed by atoms with E-state index in [-0.39, 0.29) is 5.91 Å². The minimum atomic E-state index is -0.412. The fourth-order valence-electron chi connectivity index (χ4n) is 2.52. The number of anilines is 1. The fraction of sp³-hybridized carbons (Fsp3) is 0.769. The zero-order valence-electron chi connectivity index (χ0n) is 11.6. The molecule has 19 heavy (non-hydrogen) atoms. The third-order valence-corrected chi connectivity index (χ3v) is 5.08. The number of amides is 1. The van der Waals surface area contributed by atoms with Gasteiger partial charge in [0.05, 0.1) is 5.41 Å². The van der Waals surface area contributed by atoms with Gasteiger partial charge in [-0.15, -0.1) is 10.2 Å². The highest BCUT2D eigenvalue weighted by Gasteiger charge is 2.40. The molecule has 2 rings (SSSR count). The maximum atomic E-state index is 12.5. The summed E-state index contributed by atoms with van der Waals surface area (Å²) in [7, 11) is 0. The first-order valence-corrected chi connectivity index (χ1v) is 7.75. The van der Waals surface area contributed by atoms with Crippen molar-refractivity contribution in [1.82, 2.24) is 10.2 Å². The molecule has 3 N–H and O–H groups in total. The topological polar surface area (TPSA) is 80.9 Å². The first kappa shape index (κ1) is 14.4. The van der Waals surface area contributed by atoms with Gasteiger partial charge < -0.3 is 5.73 Å². The Bertz CT molecular complexity index is 438. The second-order valence-corrected chi connectivity index (χ2v) is 6.54. The van der Waals surface area contributed by atoms with Crippen LogP contribution in [0.4, 0.5) is 5.13 Å². The van der Waals surface area contributed by atoms with Crippen molar-refractivity contribution in [2.75, 3.05) is 11.9 Å². The quantitative estimate of drug-likeness (QED) is 0.887. The molecule has 0 atom stereocenters. The predicted molar refractivity (Wildman–Crippen MR) is 77.0 cm³/mol. The summed E-state index contributed by atoms with van der Waals surface area (Å²) in [5, 5.41) is 12.4. The Labute approximate surface area is 118 Å². The van der Waals surface area contributed by atoms with Crippen molar-refractivity contribution in [2.24, 2.45) is 17.1 Å². The predicted octanol–water partition coefficient (Wildman–Crippen LogP) is 2.19. The van der Waals surface area contributed by atoms with E-state index in [1.54, 1.807) is 0 Å². The Morgan fingerprint density at radius 3 is 2.68 bits per heavy atom. The molecule has 0 aromatic carbocycles. The van der Waals surface area contributed by atoms with Gasteiger partial charge in [0.25, 0.3) is 0 Å². The summed E-state index contributed by atoms with van der Waals surface area (Å²) in [6, 6.07) is 0. The number of hydrogen-bond acceptors (Lipinski definition) is 5. The molecule has 0 unspecified atom stereocenters. The summed E-state index contributed by atoms with van der Waals surface area (Å²) in [5.74, 6) is 0.710. The van der Waals surface area contributed by atoms with E-state index in [9.17, 15) is 4.79 Å². The lowest BCUT2D eigenvalue weighted by molar-refractivity contribution is -0.127. The summed E-state index contributed by atoms with van der Waals surface area (Å²) >= 11 is 1.44. The Kier molecular flexibility index (Phi) is 4.52. The normalized spacial score (nSPS) is 27.2. The third kappa shape index (κ3) is 3.12. The van der Waals surface area contributed by atoms with Gasteiger partial charge in [0.2, 0.25) is 11.0 Å². The number of hydrogen-bond donors (Lipinski definition) is 2. The smallest absolute Gasteiger partial charge is 0.233 e. The minimum Gasteiger partial charge on any atom is -0.329 e. The second kappa shape index (κ2) is 5.96. The van der Waals surface area contributed by atoms with Crippen molar-refractivity contribution in [3.05, 3.63) is 5.01 Å². The van der Waals surface area contributed by atoms with E-state index in [1.807, 2.05) is 6.92 Å². The van der Waals surface area contributed by atoms with E-state index >= 15 is 0 Å². The molecular formula is C13H22N4OS. The number of nitrogens with one attached hydrogen (secondary N) is 1. The molecule has 1 aromatic rings. The third-order valence-electron chi connectivity index (χ3n) is 4.09. The van der Waals surface area contributed by atoms with Gasteiger partial charge in [0, 0.05) is 6.54 Å². The van der Waals surface area contributed by atoms with Crippen LogP contribution in [-0.2, 0) is 11.2 Å². The van der Waals surface area contributed by atoms with Crippen molar-refractivity contribution >= 4 is 22.4 Å². The highest BCUT2D eigenvalue weighted by molar-refractivity contribution is 7.15. The van der Waals surface area contributed by atoms with E-state index in [2.05, 4.69) is 22.4 Å². The highest BCUT2D eigenvalue weighted by Crippen LogP contribution is 2.39. The van der Waals surface area contributed by atoms with Gasteiger partial charge in [-0.2, -0.15) is 0 Å². The van der Waals surface area contributed by atoms with Crippen LogP contribution >= 0.6 is 11.3 Å². The van der Waals surface area contributed by atoms with E-state index in [4.69, 9.17) is 5.73 Å². The summed E-state index contributed by atoms with van der Waals surface area (Å²) in [5.41, 5.74) is 5.46. The number of carbonyl (C=O) groups is 1. The summed E-state index contributed by atoms with van der Waals surface area (Å²) in [6.45, 7) is 4.66. The molecule has 6 heteroatoms. The SMILES string of the molecule is CCc1nnc(NC(=O)C2(CN)CCC(C)CC2)s1. The fourth-order valence-corrected chi connectivity index (χ4v) is 3.19. The molecular weight excluding hydrogens is 260 g/mol. The van der Waals surface area contributed by atoms with Crippen LogP contribution in [0.3, 0.4) is 0 Å². The van der Waals surface area contributed by atoms with Gasteiger partial charge >= 0.3 is 0 Å². The van der Waals surface area contributed by atoms with Crippen LogP contribution in [0.5, 0.6) is 0 Å². The van der Waals surface area contributed by atoms with Crippen molar-refractivity contribution in [2.45, 2.75) is 46.0 Å². The van der Waals surface area contributed by atoms with Crippen molar-refractivity contribution < 1.29 is 4.79 Å². The molecule has 5 nitrogen and oxygen atoms in total. The molecule has 1 saturated carbocycles. The number of rotatable bonds is 4. The second-order valence-electron chi connectivity index (χ2n) is 5.48. The van der Waals surface area contributed by atoms with Crippen LogP contribution in [0, 0.1) is 11.3 Å². The number of aryl methyl sites for hydroxylation is 1. The van der Waals surface area contributed by atoms with E-state index in [0.29, 0.717) is 17.6 Å². The molecule has 1 amide bonds. The molecule has 1 aliphatic carbocycles. The van der Waals surface area contributed by atoms with Gasteiger partial charge in [0.1, 0.15) is 5.01 Å². The van der Waals surface area contributed by atoms with Gasteiger partial charge in [-0.25, -0.2) is 0 Å². The molecule has 0 saturated heterocycles. The highest BCUT2D eigenvalue weighted by atomic mass is 32.1. The van der Waals surface area contributed by atoms with Crippen molar-refractivity contribution in [1.29, 1.82) is 0 Å². The maximum absolute atomic E-state index is 12.5. The Balaban J connectivity index is 2.04. The summed E-state index contributed by atoms with van der Waals surface area (Å²) in [4.78, 5) is 12.5. The lowest BCUT2D eigenvalue weighted by Crippen LogP contribution is -2.44. The van der Waals surface area contributed by atoms with Crippen LogP contribution in [0.25, 0.3) is 0 Å². The standard InChI is InChI=1S/C13H22N4OS/c1-3-10-16-17-12(19-10)15-11(18)13(8-14)6-4-9(2)5-7-13/h9H,3-8,14H2,1-2H3,(H,15,17,18). The molecule has 0 aliphatic heterocycles. The molecule has 1 fully saturated rings. The number of carbonyl (C=O) groups excluding carboxylic acids is 1. The number of nitrogens with two attached hydrogens (primary N) is 1. The van der Waals surface area contributed by atoms with Crippen LogP contribution in [0.15, 0.2) is 0 Å². The summed E-state index contributed by atoms with van der Waals surface area (Å²) in [6.07, 6.45) is 4.72. The minimum absolute atomic E-state index is 0.0145. The number of nitrogens with zero attached hydrogens (tertiary/aromatic N) is 2. The van der Waals surface area contributed by atoms with Crippen LogP contribution < -0.4 is 11.1 Å². The van der Waals surface area contributed by atoms with Gasteiger partial charge in [-0.3, -0.25) is 10.1 Å². The molecule has 106 valence electrons. The van der Waals surface area contributed by atoms with E-state index in [1.165, 1.54) is 11.3 Å². The van der Waals surface area contributed by atoms with E-state index in [0.717, 1.165) is 37.1 Å². The first-order valence-electron chi connectivity index (χ1n) is 6.93. The largest absolute Gasteiger partial charge is 0.329 e. The zero-order valence-corrected chi connectivity index (χ0v) is 12.4. The van der Waals surface area contributed by atoms with Gasteiger partial charge in [-0.05, 0) is 38.0 Å². The molecule has 1 aromatic heterocycles. The Morgan fingerprint density at radius 2 is 2.16 bits per heavy atom.